The third-order valence-electron chi connectivity index (χ3n) is 2.27. The molecule has 1 N–H and O–H groups in total. The van der Waals surface area contributed by atoms with Crippen molar-refractivity contribution in [2.24, 2.45) is 0 Å². The Kier molecular flexibility index (Phi) is 5.32. The average molecular weight is 286 g/mol. The van der Waals surface area contributed by atoms with Crippen LogP contribution in [0.5, 0.6) is 5.75 Å². The standard InChI is InChI=1S/C12H16BrNO2/c1-2-8-14(9-7-13)12(16)10-5-3-4-6-11(10)15/h3-6,15H,2,7-9H2,1H3. The van der Waals surface area contributed by atoms with E-state index in [1.165, 1.54) is 6.07 Å². The first-order valence-corrected chi connectivity index (χ1v) is 6.46. The molecule has 16 heavy (non-hydrogen) atoms. The molecule has 0 saturated heterocycles. The van der Waals surface area contributed by atoms with Crippen molar-refractivity contribution < 1.29 is 9.90 Å². The van der Waals surface area contributed by atoms with E-state index >= 15 is 0 Å². The van der Waals surface area contributed by atoms with Crippen molar-refractivity contribution in [1.29, 1.82) is 0 Å². The molecule has 0 radical (unpaired) electrons. The van der Waals surface area contributed by atoms with Crippen LogP contribution in [-0.2, 0) is 0 Å². The first-order valence-electron chi connectivity index (χ1n) is 5.34. The van der Waals surface area contributed by atoms with Gasteiger partial charge in [-0.1, -0.05) is 35.0 Å². The highest BCUT2D eigenvalue weighted by molar-refractivity contribution is 9.09. The maximum atomic E-state index is 12.1. The molecule has 4 heteroatoms. The Morgan fingerprint density at radius 3 is 2.62 bits per heavy atom. The van der Waals surface area contributed by atoms with Crippen molar-refractivity contribution in [3.05, 3.63) is 29.8 Å². The maximum absolute atomic E-state index is 12.1. The zero-order chi connectivity index (χ0) is 12.0. The van der Waals surface area contributed by atoms with E-state index < -0.39 is 0 Å². The molecule has 0 heterocycles. The van der Waals surface area contributed by atoms with Gasteiger partial charge in [-0.2, -0.15) is 0 Å². The fraction of sp³-hybridized carbons (Fsp3) is 0.417. The summed E-state index contributed by atoms with van der Waals surface area (Å²) in [4.78, 5) is 13.8. The van der Waals surface area contributed by atoms with Gasteiger partial charge in [0.25, 0.3) is 5.91 Å². The lowest BCUT2D eigenvalue weighted by atomic mass is 10.1. The molecule has 0 aliphatic heterocycles. The molecule has 0 spiro atoms. The van der Waals surface area contributed by atoms with E-state index in [2.05, 4.69) is 15.9 Å². The molecule has 0 unspecified atom stereocenters. The summed E-state index contributed by atoms with van der Waals surface area (Å²) in [7, 11) is 0. The van der Waals surface area contributed by atoms with Crippen molar-refractivity contribution in [3.63, 3.8) is 0 Å². The SMILES string of the molecule is CCCN(CCBr)C(=O)c1ccccc1O. The molecule has 0 aromatic heterocycles. The Morgan fingerprint density at radius 2 is 2.06 bits per heavy atom. The summed E-state index contributed by atoms with van der Waals surface area (Å²) in [5.74, 6) is -0.0671. The normalized spacial score (nSPS) is 10.1. The van der Waals surface area contributed by atoms with Gasteiger partial charge in [-0.15, -0.1) is 0 Å². The molecule has 0 aliphatic rings. The van der Waals surface area contributed by atoms with Gasteiger partial charge in [0.1, 0.15) is 5.75 Å². The van der Waals surface area contributed by atoms with Crippen molar-refractivity contribution in [1.82, 2.24) is 4.90 Å². The first kappa shape index (κ1) is 13.0. The lowest BCUT2D eigenvalue weighted by Gasteiger charge is -2.21. The number of aromatic hydroxyl groups is 1. The van der Waals surface area contributed by atoms with E-state index in [0.717, 1.165) is 11.8 Å². The van der Waals surface area contributed by atoms with Crippen LogP contribution in [0, 0.1) is 0 Å². The zero-order valence-electron chi connectivity index (χ0n) is 9.32. The first-order chi connectivity index (χ1) is 7.70. The monoisotopic (exact) mass is 285 g/mol. The predicted molar refractivity (Wildman–Crippen MR) is 68.1 cm³/mol. The number of phenols is 1. The third-order valence-corrected chi connectivity index (χ3v) is 2.62. The van der Waals surface area contributed by atoms with Crippen LogP contribution < -0.4 is 0 Å². The second-order valence-corrected chi connectivity index (χ2v) is 4.29. The van der Waals surface area contributed by atoms with Crippen LogP contribution in [0.15, 0.2) is 24.3 Å². The molecule has 1 rings (SSSR count). The molecule has 0 atom stereocenters. The number of phenolic OH excluding ortho intramolecular Hbond substituents is 1. The number of rotatable bonds is 5. The van der Waals surface area contributed by atoms with Gasteiger partial charge in [0.15, 0.2) is 0 Å². The summed E-state index contributed by atoms with van der Waals surface area (Å²) in [6, 6.07) is 6.64. The van der Waals surface area contributed by atoms with Gasteiger partial charge in [-0.05, 0) is 18.6 Å². The van der Waals surface area contributed by atoms with Crippen LogP contribution in [0.4, 0.5) is 0 Å². The Hall–Kier alpha value is -1.03. The highest BCUT2D eigenvalue weighted by atomic mass is 79.9. The number of nitrogens with zero attached hydrogens (tertiary/aromatic N) is 1. The van der Waals surface area contributed by atoms with Gasteiger partial charge >= 0.3 is 0 Å². The second-order valence-electron chi connectivity index (χ2n) is 3.50. The van der Waals surface area contributed by atoms with Gasteiger partial charge in [-0.3, -0.25) is 4.79 Å². The molecule has 88 valence electrons. The van der Waals surface area contributed by atoms with Crippen LogP contribution >= 0.6 is 15.9 Å². The smallest absolute Gasteiger partial charge is 0.257 e. The predicted octanol–water partition coefficient (Wildman–Crippen LogP) is 2.64. The quantitative estimate of drug-likeness (QED) is 0.845. The van der Waals surface area contributed by atoms with E-state index in [0.29, 0.717) is 18.7 Å². The van der Waals surface area contributed by atoms with Crippen LogP contribution in [0.2, 0.25) is 0 Å². The van der Waals surface area contributed by atoms with Crippen molar-refractivity contribution in [2.75, 3.05) is 18.4 Å². The minimum atomic E-state index is -0.112. The summed E-state index contributed by atoms with van der Waals surface area (Å²) in [6.07, 6.45) is 0.909. The number of carbonyl (C=O) groups is 1. The Labute approximate surface area is 104 Å². The molecule has 1 amide bonds. The molecule has 1 aromatic rings. The molecule has 0 saturated carbocycles. The lowest BCUT2D eigenvalue weighted by Crippen LogP contribution is -2.33. The Bertz CT molecular complexity index is 349. The number of benzene rings is 1. The van der Waals surface area contributed by atoms with E-state index in [1.807, 2.05) is 6.92 Å². The molecule has 0 fully saturated rings. The minimum Gasteiger partial charge on any atom is -0.507 e. The van der Waals surface area contributed by atoms with Gasteiger partial charge in [0, 0.05) is 18.4 Å². The van der Waals surface area contributed by atoms with Crippen LogP contribution in [0.25, 0.3) is 0 Å². The lowest BCUT2D eigenvalue weighted by molar-refractivity contribution is 0.0763. The highest BCUT2D eigenvalue weighted by Crippen LogP contribution is 2.18. The van der Waals surface area contributed by atoms with E-state index in [4.69, 9.17) is 0 Å². The topological polar surface area (TPSA) is 40.5 Å². The number of carbonyl (C=O) groups excluding carboxylic acids is 1. The van der Waals surface area contributed by atoms with Gasteiger partial charge in [0.2, 0.25) is 0 Å². The van der Waals surface area contributed by atoms with Crippen LogP contribution in [0.3, 0.4) is 0 Å². The number of hydrogen-bond acceptors (Lipinski definition) is 2. The van der Waals surface area contributed by atoms with Gasteiger partial charge < -0.3 is 10.0 Å². The third kappa shape index (κ3) is 3.23. The summed E-state index contributed by atoms with van der Waals surface area (Å²) in [5, 5.41) is 10.3. The summed E-state index contributed by atoms with van der Waals surface area (Å²) < 4.78 is 0. The largest absolute Gasteiger partial charge is 0.507 e. The minimum absolute atomic E-state index is 0.0446. The number of amides is 1. The zero-order valence-corrected chi connectivity index (χ0v) is 10.9. The number of alkyl halides is 1. The highest BCUT2D eigenvalue weighted by Gasteiger charge is 2.16. The average Bonchev–Trinajstić information content (AvgIpc) is 2.28. The Balaban J connectivity index is 2.85. The number of halogens is 1. The summed E-state index contributed by atoms with van der Waals surface area (Å²) in [6.45, 7) is 3.39. The van der Waals surface area contributed by atoms with Crippen molar-refractivity contribution in [3.8, 4) is 5.75 Å². The molecular weight excluding hydrogens is 270 g/mol. The molecule has 0 aliphatic carbocycles. The van der Waals surface area contributed by atoms with Crippen molar-refractivity contribution >= 4 is 21.8 Å². The molecule has 1 aromatic carbocycles. The van der Waals surface area contributed by atoms with E-state index in [9.17, 15) is 9.90 Å². The second kappa shape index (κ2) is 6.53. The summed E-state index contributed by atoms with van der Waals surface area (Å²) >= 11 is 3.32. The fourth-order valence-electron chi connectivity index (χ4n) is 1.51. The van der Waals surface area contributed by atoms with Gasteiger partial charge in [0.05, 0.1) is 5.56 Å². The number of para-hydroxylation sites is 1. The van der Waals surface area contributed by atoms with E-state index in [1.54, 1.807) is 23.1 Å². The van der Waals surface area contributed by atoms with Crippen molar-refractivity contribution in [2.45, 2.75) is 13.3 Å². The van der Waals surface area contributed by atoms with Crippen LogP contribution in [0.1, 0.15) is 23.7 Å². The molecule has 3 nitrogen and oxygen atoms in total. The van der Waals surface area contributed by atoms with Crippen LogP contribution in [-0.4, -0.2) is 34.3 Å². The molecule has 0 bridgehead atoms. The summed E-state index contributed by atoms with van der Waals surface area (Å²) in [5.41, 5.74) is 0.372. The van der Waals surface area contributed by atoms with E-state index in [-0.39, 0.29) is 11.7 Å². The van der Waals surface area contributed by atoms with Gasteiger partial charge in [-0.25, -0.2) is 0 Å². The molecular formula is C12H16BrNO2. The number of hydrogen-bond donors (Lipinski definition) is 1. The maximum Gasteiger partial charge on any atom is 0.257 e. The fourth-order valence-corrected chi connectivity index (χ4v) is 1.94. The Morgan fingerprint density at radius 1 is 1.38 bits per heavy atom.